The van der Waals surface area contributed by atoms with Crippen LogP contribution in [0.2, 0.25) is 0 Å². The zero-order valence-electron chi connectivity index (χ0n) is 7.07. The Morgan fingerprint density at radius 2 is 2.20 bits per heavy atom. The van der Waals surface area contributed by atoms with Gasteiger partial charge in [0.1, 0.15) is 0 Å². The van der Waals surface area contributed by atoms with Gasteiger partial charge >= 0.3 is 0 Å². The zero-order valence-corrected chi connectivity index (χ0v) is 7.07. The standard InChI is InChI=1S/C10H15/c1-7(2)10-5-4-8(3)9(10)6-10/h5,7H,4,6H2,1-3H3. The second-order valence-electron chi connectivity index (χ2n) is 4.04. The molecule has 1 unspecified atom stereocenters. The van der Waals surface area contributed by atoms with Crippen molar-refractivity contribution in [2.45, 2.75) is 33.6 Å². The van der Waals surface area contributed by atoms with Crippen LogP contribution in [0.5, 0.6) is 0 Å². The van der Waals surface area contributed by atoms with Gasteiger partial charge in [0.2, 0.25) is 0 Å². The summed E-state index contributed by atoms with van der Waals surface area (Å²) >= 11 is 0. The molecule has 0 heteroatoms. The minimum atomic E-state index is 0.587. The van der Waals surface area contributed by atoms with Crippen LogP contribution in [-0.4, -0.2) is 0 Å². The van der Waals surface area contributed by atoms with E-state index in [1.807, 2.05) is 0 Å². The molecular formula is C10H15. The average molecular weight is 135 g/mol. The molecule has 0 aromatic rings. The molecule has 0 saturated heterocycles. The SMILES string of the molecule is CC1=C2CC2(C(C)C)[CH]C1. The molecule has 0 amide bonds. The van der Waals surface area contributed by atoms with Gasteiger partial charge in [-0.05, 0) is 32.1 Å². The summed E-state index contributed by atoms with van der Waals surface area (Å²) < 4.78 is 0. The van der Waals surface area contributed by atoms with Crippen LogP contribution in [-0.2, 0) is 0 Å². The van der Waals surface area contributed by atoms with Crippen LogP contribution >= 0.6 is 0 Å². The highest BCUT2D eigenvalue weighted by atomic mass is 14.6. The van der Waals surface area contributed by atoms with Gasteiger partial charge in [-0.3, -0.25) is 0 Å². The largest absolute Gasteiger partial charge is 0.0732 e. The maximum absolute atomic E-state index is 2.52. The Morgan fingerprint density at radius 3 is 2.40 bits per heavy atom. The Balaban J connectivity index is 2.27. The molecule has 10 heavy (non-hydrogen) atoms. The van der Waals surface area contributed by atoms with E-state index in [0.717, 1.165) is 5.92 Å². The molecule has 0 N–H and O–H groups in total. The molecule has 0 aromatic carbocycles. The highest BCUT2D eigenvalue weighted by Crippen LogP contribution is 2.65. The van der Waals surface area contributed by atoms with Gasteiger partial charge < -0.3 is 0 Å². The van der Waals surface area contributed by atoms with Crippen LogP contribution in [0.3, 0.4) is 0 Å². The summed E-state index contributed by atoms with van der Waals surface area (Å²) in [4.78, 5) is 0. The third-order valence-corrected chi connectivity index (χ3v) is 3.22. The van der Waals surface area contributed by atoms with Gasteiger partial charge in [-0.25, -0.2) is 0 Å². The van der Waals surface area contributed by atoms with Crippen molar-refractivity contribution in [3.63, 3.8) is 0 Å². The molecule has 1 saturated carbocycles. The summed E-state index contributed by atoms with van der Waals surface area (Å²) in [7, 11) is 0. The van der Waals surface area contributed by atoms with E-state index in [-0.39, 0.29) is 0 Å². The van der Waals surface area contributed by atoms with Crippen LogP contribution in [0.1, 0.15) is 33.6 Å². The lowest BCUT2D eigenvalue weighted by molar-refractivity contribution is 0.439. The normalized spacial score (nSPS) is 37.2. The average Bonchev–Trinajstić information content (AvgIpc) is 2.52. The lowest BCUT2D eigenvalue weighted by atomic mass is 9.90. The van der Waals surface area contributed by atoms with E-state index in [4.69, 9.17) is 0 Å². The van der Waals surface area contributed by atoms with Crippen molar-refractivity contribution in [2.24, 2.45) is 11.3 Å². The van der Waals surface area contributed by atoms with E-state index in [0.29, 0.717) is 5.41 Å². The van der Waals surface area contributed by atoms with E-state index in [1.165, 1.54) is 12.8 Å². The Morgan fingerprint density at radius 1 is 1.50 bits per heavy atom. The minimum absolute atomic E-state index is 0.587. The van der Waals surface area contributed by atoms with Gasteiger partial charge in [-0.1, -0.05) is 25.0 Å². The van der Waals surface area contributed by atoms with Crippen molar-refractivity contribution >= 4 is 0 Å². The fraction of sp³-hybridized carbons (Fsp3) is 0.700. The molecule has 2 rings (SSSR count). The lowest BCUT2D eigenvalue weighted by Gasteiger charge is -2.14. The number of rotatable bonds is 1. The number of allylic oxidation sites excluding steroid dienone is 2. The molecule has 0 nitrogen and oxygen atoms in total. The molecule has 0 aromatic heterocycles. The zero-order chi connectivity index (χ0) is 7.35. The van der Waals surface area contributed by atoms with Crippen molar-refractivity contribution in [2.75, 3.05) is 0 Å². The van der Waals surface area contributed by atoms with E-state index in [1.54, 1.807) is 11.1 Å². The lowest BCUT2D eigenvalue weighted by Crippen LogP contribution is -2.07. The summed E-state index contributed by atoms with van der Waals surface area (Å²) in [5.74, 6) is 0.833. The molecule has 2 aliphatic rings. The molecule has 2 aliphatic carbocycles. The van der Waals surface area contributed by atoms with E-state index >= 15 is 0 Å². The fourth-order valence-corrected chi connectivity index (χ4v) is 2.24. The van der Waals surface area contributed by atoms with E-state index < -0.39 is 0 Å². The molecule has 0 bridgehead atoms. The van der Waals surface area contributed by atoms with Crippen LogP contribution in [0.4, 0.5) is 0 Å². The number of hydrogen-bond donors (Lipinski definition) is 0. The van der Waals surface area contributed by atoms with Gasteiger partial charge in [-0.2, -0.15) is 0 Å². The maximum atomic E-state index is 2.52. The van der Waals surface area contributed by atoms with Crippen LogP contribution in [0.15, 0.2) is 11.1 Å². The molecule has 1 radical (unpaired) electrons. The summed E-state index contributed by atoms with van der Waals surface area (Å²) in [5, 5.41) is 0. The second-order valence-corrected chi connectivity index (χ2v) is 4.04. The first-order chi connectivity index (χ1) is 4.67. The summed E-state index contributed by atoms with van der Waals surface area (Å²) in [5.41, 5.74) is 3.99. The van der Waals surface area contributed by atoms with Crippen LogP contribution in [0, 0.1) is 17.8 Å². The summed E-state index contributed by atoms with van der Waals surface area (Å²) in [6, 6.07) is 0. The highest BCUT2D eigenvalue weighted by Gasteiger charge is 2.54. The Hall–Kier alpha value is -0.260. The molecule has 1 fully saturated rings. The summed E-state index contributed by atoms with van der Waals surface area (Å²) in [6.45, 7) is 6.95. The van der Waals surface area contributed by atoms with Crippen molar-refractivity contribution in [3.8, 4) is 0 Å². The molecule has 1 atom stereocenters. The van der Waals surface area contributed by atoms with Crippen molar-refractivity contribution in [1.29, 1.82) is 0 Å². The predicted octanol–water partition coefficient (Wildman–Crippen LogP) is 2.96. The quantitative estimate of drug-likeness (QED) is 0.485. The predicted molar refractivity (Wildman–Crippen MR) is 43.5 cm³/mol. The molecule has 0 aliphatic heterocycles. The van der Waals surface area contributed by atoms with Gasteiger partial charge in [0.05, 0.1) is 0 Å². The van der Waals surface area contributed by atoms with Gasteiger partial charge in [-0.15, -0.1) is 0 Å². The first kappa shape index (κ1) is 6.45. The smallest absolute Gasteiger partial charge is 0.000953 e. The van der Waals surface area contributed by atoms with Gasteiger partial charge in [0, 0.05) is 5.41 Å². The first-order valence-electron chi connectivity index (χ1n) is 4.20. The Labute approximate surface area is 63.3 Å². The van der Waals surface area contributed by atoms with E-state index in [2.05, 4.69) is 27.2 Å². The van der Waals surface area contributed by atoms with Crippen molar-refractivity contribution in [3.05, 3.63) is 17.6 Å². The molecule has 0 spiro atoms. The maximum Gasteiger partial charge on any atom is 0.000953 e. The third kappa shape index (κ3) is 0.574. The van der Waals surface area contributed by atoms with E-state index in [9.17, 15) is 0 Å². The first-order valence-corrected chi connectivity index (χ1v) is 4.20. The number of hydrogen-bond acceptors (Lipinski definition) is 0. The molecule has 0 heterocycles. The molecule has 55 valence electrons. The van der Waals surface area contributed by atoms with Gasteiger partial charge in [0.15, 0.2) is 0 Å². The van der Waals surface area contributed by atoms with Crippen LogP contribution < -0.4 is 0 Å². The summed E-state index contributed by atoms with van der Waals surface area (Å²) in [6.07, 6.45) is 5.15. The van der Waals surface area contributed by atoms with Gasteiger partial charge in [0.25, 0.3) is 0 Å². The van der Waals surface area contributed by atoms with Crippen LogP contribution in [0.25, 0.3) is 0 Å². The fourth-order valence-electron chi connectivity index (χ4n) is 2.24. The van der Waals surface area contributed by atoms with Crippen molar-refractivity contribution < 1.29 is 0 Å². The van der Waals surface area contributed by atoms with Crippen molar-refractivity contribution in [1.82, 2.24) is 0 Å². The third-order valence-electron chi connectivity index (χ3n) is 3.22. The number of fused-ring (bicyclic) bond motifs is 1. The minimum Gasteiger partial charge on any atom is -0.0732 e. The monoisotopic (exact) mass is 135 g/mol. The Kier molecular flexibility index (Phi) is 1.07. The highest BCUT2D eigenvalue weighted by molar-refractivity contribution is 5.47. The Bertz CT molecular complexity index is 198. The topological polar surface area (TPSA) is 0 Å². The molecular weight excluding hydrogens is 120 g/mol. The second kappa shape index (κ2) is 1.66.